The van der Waals surface area contributed by atoms with E-state index in [1.165, 1.54) is 30.6 Å². The van der Waals surface area contributed by atoms with Gasteiger partial charge in [0.2, 0.25) is 0 Å². The number of benzene rings is 2. The molecule has 1 aliphatic rings. The fourth-order valence-corrected chi connectivity index (χ4v) is 4.27. The van der Waals surface area contributed by atoms with Gasteiger partial charge in [0.05, 0.1) is 25.3 Å². The Labute approximate surface area is 170 Å². The number of carbonyl (C=O) groups is 1. The van der Waals surface area contributed by atoms with Gasteiger partial charge in [-0.1, -0.05) is 30.3 Å². The highest BCUT2D eigenvalue weighted by Gasteiger charge is 2.28. The van der Waals surface area contributed by atoms with E-state index in [2.05, 4.69) is 0 Å². The number of rotatable bonds is 5. The minimum absolute atomic E-state index is 0.209. The fourth-order valence-electron chi connectivity index (χ4n) is 4.27. The Kier molecular flexibility index (Phi) is 5.86. The van der Waals surface area contributed by atoms with Crippen LogP contribution in [0, 0.1) is 0 Å². The number of aromatic hydroxyl groups is 1. The molecular weight excluding hydrogens is 366 g/mol. The molecule has 0 spiro atoms. The van der Waals surface area contributed by atoms with E-state index >= 15 is 0 Å². The van der Waals surface area contributed by atoms with Crippen LogP contribution in [0.4, 0.5) is 0 Å². The summed E-state index contributed by atoms with van der Waals surface area (Å²) in [5.41, 5.74) is 2.61. The molecule has 0 aliphatic carbocycles. The van der Waals surface area contributed by atoms with Gasteiger partial charge in [-0.25, -0.2) is 4.79 Å². The molecule has 5 nitrogen and oxygen atoms in total. The number of nitrogens with one attached hydrogen (secondary N) is 1. The highest BCUT2D eigenvalue weighted by molar-refractivity contribution is 6.10. The molecule has 3 aromatic rings. The molecule has 1 aliphatic heterocycles. The maximum absolute atomic E-state index is 13.0. The number of likely N-dealkylation sites (tertiary alicyclic amines) is 1. The number of ether oxygens (including phenoxy) is 1. The van der Waals surface area contributed by atoms with Crippen LogP contribution in [0.1, 0.15) is 48.5 Å². The van der Waals surface area contributed by atoms with Crippen molar-refractivity contribution in [2.45, 2.75) is 39.2 Å². The summed E-state index contributed by atoms with van der Waals surface area (Å²) >= 11 is 0. The summed E-state index contributed by atoms with van der Waals surface area (Å²) < 4.78 is 11.5. The third-order valence-electron chi connectivity index (χ3n) is 5.69. The van der Waals surface area contributed by atoms with E-state index in [-0.39, 0.29) is 12.4 Å². The van der Waals surface area contributed by atoms with Gasteiger partial charge in [0.1, 0.15) is 29.2 Å². The molecule has 0 radical (unpaired) electrons. The average Bonchev–Trinajstić information content (AvgIpc) is 2.93. The zero-order valence-electron chi connectivity index (χ0n) is 16.9. The summed E-state index contributed by atoms with van der Waals surface area (Å²) in [6, 6.07) is 13.0. The van der Waals surface area contributed by atoms with Gasteiger partial charge in [-0.05, 0) is 44.7 Å². The Bertz CT molecular complexity index is 985. The summed E-state index contributed by atoms with van der Waals surface area (Å²) in [6.07, 6.45) is 4.91. The van der Waals surface area contributed by atoms with E-state index in [0.717, 1.165) is 24.2 Å². The molecule has 2 aromatic carbocycles. The highest BCUT2D eigenvalue weighted by Crippen LogP contribution is 2.38. The minimum Gasteiger partial charge on any atom is -0.507 e. The number of hydrogen-bond donors (Lipinski definition) is 2. The van der Waals surface area contributed by atoms with Gasteiger partial charge >= 0.3 is 5.97 Å². The number of carbonyl (C=O) groups excluding carboxylic acids is 1. The van der Waals surface area contributed by atoms with Crippen LogP contribution in [0.3, 0.4) is 0 Å². The van der Waals surface area contributed by atoms with Gasteiger partial charge in [0.15, 0.2) is 0 Å². The van der Waals surface area contributed by atoms with Crippen LogP contribution in [0.25, 0.3) is 22.3 Å². The van der Waals surface area contributed by atoms with Crippen molar-refractivity contribution in [3.05, 3.63) is 53.6 Å². The Hall–Kier alpha value is -2.79. The van der Waals surface area contributed by atoms with Gasteiger partial charge in [-0.15, -0.1) is 0 Å². The lowest BCUT2D eigenvalue weighted by molar-refractivity contribution is -0.913. The maximum atomic E-state index is 13.0. The van der Waals surface area contributed by atoms with Crippen molar-refractivity contribution in [1.29, 1.82) is 0 Å². The average molecular weight is 394 g/mol. The standard InChI is InChI=1S/C24H27NO4/c1-2-28-24(27)22-21-18(16-25-14-8-3-4-9-15-25)19(26)12-13-20(21)29-23(22)17-10-6-5-7-11-17/h5-7,10-13,26H,2-4,8-9,14-16H2,1H3/p+1. The van der Waals surface area contributed by atoms with E-state index in [4.69, 9.17) is 9.15 Å². The first-order valence-corrected chi connectivity index (χ1v) is 10.5. The van der Waals surface area contributed by atoms with Crippen LogP contribution >= 0.6 is 0 Å². The molecule has 29 heavy (non-hydrogen) atoms. The summed E-state index contributed by atoms with van der Waals surface area (Å²) in [5.74, 6) is 0.291. The maximum Gasteiger partial charge on any atom is 0.342 e. The summed E-state index contributed by atoms with van der Waals surface area (Å²) in [5, 5.41) is 11.4. The number of furan rings is 1. The van der Waals surface area contributed by atoms with Gasteiger partial charge in [0.25, 0.3) is 0 Å². The van der Waals surface area contributed by atoms with Crippen molar-refractivity contribution in [2.24, 2.45) is 0 Å². The molecule has 0 amide bonds. The second-order valence-corrected chi connectivity index (χ2v) is 7.67. The second-order valence-electron chi connectivity index (χ2n) is 7.67. The number of hydrogen-bond acceptors (Lipinski definition) is 4. The summed E-state index contributed by atoms with van der Waals surface area (Å²) in [6.45, 7) is 4.90. The Morgan fingerprint density at radius 1 is 1.07 bits per heavy atom. The van der Waals surface area contributed by atoms with Gasteiger partial charge < -0.3 is 19.2 Å². The van der Waals surface area contributed by atoms with Gasteiger partial charge in [-0.3, -0.25) is 0 Å². The molecule has 4 rings (SSSR count). The predicted molar refractivity (Wildman–Crippen MR) is 112 cm³/mol. The lowest BCUT2D eigenvalue weighted by atomic mass is 10.0. The van der Waals surface area contributed by atoms with Crippen molar-refractivity contribution >= 4 is 16.9 Å². The van der Waals surface area contributed by atoms with Crippen LogP contribution in [0.5, 0.6) is 5.75 Å². The van der Waals surface area contributed by atoms with E-state index in [0.29, 0.717) is 28.8 Å². The Balaban J connectivity index is 1.88. The van der Waals surface area contributed by atoms with Gasteiger partial charge in [-0.2, -0.15) is 0 Å². The first-order chi connectivity index (χ1) is 14.2. The number of quaternary nitrogens is 1. The zero-order valence-corrected chi connectivity index (χ0v) is 16.9. The molecule has 1 aromatic heterocycles. The van der Waals surface area contributed by atoms with Crippen molar-refractivity contribution in [1.82, 2.24) is 0 Å². The smallest absolute Gasteiger partial charge is 0.342 e. The molecular formula is C24H28NO4+. The quantitative estimate of drug-likeness (QED) is 0.644. The lowest BCUT2D eigenvalue weighted by Crippen LogP contribution is -3.10. The number of esters is 1. The second kappa shape index (κ2) is 8.70. The molecule has 0 unspecified atom stereocenters. The first-order valence-electron chi connectivity index (χ1n) is 10.5. The fraction of sp³-hybridized carbons (Fsp3) is 0.375. The SMILES string of the molecule is CCOC(=O)c1c(-c2ccccc2)oc2ccc(O)c(C[NH+]3CCCCCC3)c12. The van der Waals surface area contributed by atoms with Crippen LogP contribution in [0.2, 0.25) is 0 Å². The van der Waals surface area contributed by atoms with Crippen molar-refractivity contribution in [3.63, 3.8) is 0 Å². The van der Waals surface area contributed by atoms with E-state index < -0.39 is 5.97 Å². The van der Waals surface area contributed by atoms with Crippen molar-refractivity contribution in [3.8, 4) is 17.1 Å². The molecule has 5 heteroatoms. The molecule has 152 valence electrons. The van der Waals surface area contributed by atoms with E-state index in [1.807, 2.05) is 30.3 Å². The van der Waals surface area contributed by atoms with Crippen LogP contribution in [0.15, 0.2) is 46.9 Å². The normalized spacial score (nSPS) is 15.3. The van der Waals surface area contributed by atoms with Crippen molar-refractivity contribution in [2.75, 3.05) is 19.7 Å². The molecule has 2 heterocycles. The number of phenolic OH excluding ortho intramolecular Hbond substituents is 1. The zero-order chi connectivity index (χ0) is 20.2. The van der Waals surface area contributed by atoms with Crippen LogP contribution < -0.4 is 4.90 Å². The van der Waals surface area contributed by atoms with Crippen molar-refractivity contribution < 1.29 is 24.0 Å². The van der Waals surface area contributed by atoms with E-state index in [9.17, 15) is 9.90 Å². The van der Waals surface area contributed by atoms with Gasteiger partial charge in [0, 0.05) is 10.9 Å². The molecule has 0 atom stereocenters. The predicted octanol–water partition coefficient (Wildman–Crippen LogP) is 3.94. The summed E-state index contributed by atoms with van der Waals surface area (Å²) in [7, 11) is 0. The molecule has 0 saturated carbocycles. The number of phenols is 1. The molecule has 1 saturated heterocycles. The lowest BCUT2D eigenvalue weighted by Gasteiger charge is -2.18. The summed E-state index contributed by atoms with van der Waals surface area (Å²) in [4.78, 5) is 14.4. The highest BCUT2D eigenvalue weighted by atomic mass is 16.5. The molecule has 2 N–H and O–H groups in total. The Morgan fingerprint density at radius 2 is 1.79 bits per heavy atom. The largest absolute Gasteiger partial charge is 0.507 e. The van der Waals surface area contributed by atoms with E-state index in [1.54, 1.807) is 19.1 Å². The minimum atomic E-state index is -0.414. The third-order valence-corrected chi connectivity index (χ3v) is 5.69. The molecule has 1 fully saturated rings. The monoisotopic (exact) mass is 394 g/mol. The molecule has 0 bridgehead atoms. The third kappa shape index (κ3) is 4.01. The Morgan fingerprint density at radius 3 is 2.48 bits per heavy atom. The number of fused-ring (bicyclic) bond motifs is 1. The first kappa shape index (κ1) is 19.5. The van der Waals surface area contributed by atoms with Crippen LogP contribution in [-0.2, 0) is 11.3 Å². The van der Waals surface area contributed by atoms with Crippen LogP contribution in [-0.4, -0.2) is 30.8 Å². The topological polar surface area (TPSA) is 64.1 Å².